The molecule has 0 fully saturated rings. The van der Waals surface area contributed by atoms with E-state index < -0.39 is 6.10 Å². The highest BCUT2D eigenvalue weighted by Gasteiger charge is 2.41. The van der Waals surface area contributed by atoms with Crippen LogP contribution in [0, 0.1) is 5.92 Å². The molecule has 2 N–H and O–H groups in total. The Labute approximate surface area is 75.8 Å². The average molecular weight is 184 g/mol. The second-order valence-electron chi connectivity index (χ2n) is 3.48. The lowest BCUT2D eigenvalue weighted by Crippen LogP contribution is -2.22. The van der Waals surface area contributed by atoms with Crippen molar-refractivity contribution < 1.29 is 19.7 Å². The van der Waals surface area contributed by atoms with E-state index in [-0.39, 0.29) is 18.5 Å². The molecule has 1 heterocycles. The highest BCUT2D eigenvalue weighted by atomic mass is 16.5. The molecule has 0 saturated carbocycles. The van der Waals surface area contributed by atoms with E-state index in [0.29, 0.717) is 25.0 Å². The number of carbonyl (C=O) groups is 1. The van der Waals surface area contributed by atoms with E-state index >= 15 is 0 Å². The summed E-state index contributed by atoms with van der Waals surface area (Å²) in [5.41, 5.74) is 1.53. The summed E-state index contributed by atoms with van der Waals surface area (Å²) < 4.78 is 4.84. The molecule has 72 valence electrons. The van der Waals surface area contributed by atoms with Crippen LogP contribution in [-0.2, 0) is 9.53 Å². The molecule has 2 aliphatic rings. The topological polar surface area (TPSA) is 66.8 Å². The molecular formula is C9H12O4. The van der Waals surface area contributed by atoms with E-state index in [9.17, 15) is 9.90 Å². The summed E-state index contributed by atoms with van der Waals surface area (Å²) in [6.07, 6.45) is 0.450. The van der Waals surface area contributed by atoms with Crippen LogP contribution in [-0.4, -0.2) is 35.5 Å². The largest absolute Gasteiger partial charge is 0.458 e. The normalized spacial score (nSPS) is 32.3. The van der Waals surface area contributed by atoms with Gasteiger partial charge in [0, 0.05) is 18.1 Å². The van der Waals surface area contributed by atoms with Crippen molar-refractivity contribution in [3.8, 4) is 0 Å². The number of hydrogen-bond donors (Lipinski definition) is 2. The minimum absolute atomic E-state index is 0.00815. The fraction of sp³-hybridized carbons (Fsp3) is 0.667. The highest BCUT2D eigenvalue weighted by Crippen LogP contribution is 2.38. The third kappa shape index (κ3) is 1.26. The molecule has 0 saturated heterocycles. The summed E-state index contributed by atoms with van der Waals surface area (Å²) >= 11 is 0. The zero-order valence-corrected chi connectivity index (χ0v) is 7.19. The van der Waals surface area contributed by atoms with Crippen molar-refractivity contribution in [2.24, 2.45) is 5.92 Å². The predicted octanol–water partition coefficient (Wildman–Crippen LogP) is -0.397. The van der Waals surface area contributed by atoms with Gasteiger partial charge in [-0.15, -0.1) is 0 Å². The van der Waals surface area contributed by atoms with Crippen molar-refractivity contribution in [2.45, 2.75) is 18.9 Å². The van der Waals surface area contributed by atoms with E-state index in [2.05, 4.69) is 0 Å². The van der Waals surface area contributed by atoms with Crippen LogP contribution < -0.4 is 0 Å². The summed E-state index contributed by atoms with van der Waals surface area (Å²) in [6, 6.07) is 0. The SMILES string of the molecule is O=C1OCC2=C1[C@@H](CCO)[C@H](O)C2. The van der Waals surface area contributed by atoms with Crippen LogP contribution in [0.15, 0.2) is 11.1 Å². The van der Waals surface area contributed by atoms with Gasteiger partial charge in [0.2, 0.25) is 0 Å². The van der Waals surface area contributed by atoms with Gasteiger partial charge < -0.3 is 14.9 Å². The number of hydrogen-bond acceptors (Lipinski definition) is 4. The first-order chi connectivity index (χ1) is 6.24. The molecular weight excluding hydrogens is 172 g/mol. The minimum Gasteiger partial charge on any atom is -0.458 e. The molecule has 0 unspecified atom stereocenters. The number of carbonyl (C=O) groups excluding carboxylic acids is 1. The maximum atomic E-state index is 11.2. The van der Waals surface area contributed by atoms with Crippen LogP contribution in [0.5, 0.6) is 0 Å². The Morgan fingerprint density at radius 3 is 3.00 bits per heavy atom. The van der Waals surface area contributed by atoms with E-state index in [1.165, 1.54) is 0 Å². The lowest BCUT2D eigenvalue weighted by molar-refractivity contribution is -0.137. The molecule has 2 atom stereocenters. The third-order valence-electron chi connectivity index (χ3n) is 2.71. The molecule has 4 heteroatoms. The minimum atomic E-state index is -0.509. The summed E-state index contributed by atoms with van der Waals surface area (Å²) in [5, 5.41) is 18.3. The molecule has 2 rings (SSSR count). The third-order valence-corrected chi connectivity index (χ3v) is 2.71. The molecule has 0 aromatic rings. The van der Waals surface area contributed by atoms with Crippen molar-refractivity contribution in [2.75, 3.05) is 13.2 Å². The number of rotatable bonds is 2. The standard InChI is InChI=1S/C9H12O4/c10-2-1-6-7(11)3-5-4-13-9(12)8(5)6/h6-7,10-11H,1-4H2/t6-,7+/m0/s1. The van der Waals surface area contributed by atoms with Crippen LogP contribution >= 0.6 is 0 Å². The quantitative estimate of drug-likeness (QED) is 0.573. The van der Waals surface area contributed by atoms with Crippen molar-refractivity contribution in [3.63, 3.8) is 0 Å². The van der Waals surface area contributed by atoms with Gasteiger partial charge in [-0.2, -0.15) is 0 Å². The van der Waals surface area contributed by atoms with Crippen LogP contribution in [0.3, 0.4) is 0 Å². The Morgan fingerprint density at radius 2 is 2.31 bits per heavy atom. The Bertz CT molecular complexity index is 269. The summed E-state index contributed by atoms with van der Waals surface area (Å²) in [7, 11) is 0. The number of ether oxygens (including phenoxy) is 1. The zero-order chi connectivity index (χ0) is 9.42. The second-order valence-corrected chi connectivity index (χ2v) is 3.48. The molecule has 0 spiro atoms. The van der Waals surface area contributed by atoms with E-state index in [1.54, 1.807) is 0 Å². The predicted molar refractivity (Wildman–Crippen MR) is 43.8 cm³/mol. The Hall–Kier alpha value is -0.870. The van der Waals surface area contributed by atoms with Gasteiger partial charge in [0.05, 0.1) is 6.10 Å². The Morgan fingerprint density at radius 1 is 1.54 bits per heavy atom. The lowest BCUT2D eigenvalue weighted by atomic mass is 9.96. The van der Waals surface area contributed by atoms with E-state index in [0.717, 1.165) is 5.57 Å². The Kier molecular flexibility index (Phi) is 2.09. The molecule has 13 heavy (non-hydrogen) atoms. The van der Waals surface area contributed by atoms with E-state index in [1.807, 2.05) is 0 Å². The first kappa shape index (κ1) is 8.72. The van der Waals surface area contributed by atoms with Gasteiger partial charge >= 0.3 is 5.97 Å². The Balaban J connectivity index is 2.21. The van der Waals surface area contributed by atoms with Crippen LogP contribution in [0.4, 0.5) is 0 Å². The van der Waals surface area contributed by atoms with Crippen molar-refractivity contribution in [3.05, 3.63) is 11.1 Å². The van der Waals surface area contributed by atoms with Crippen LogP contribution in [0.25, 0.3) is 0 Å². The average Bonchev–Trinajstić information content (AvgIpc) is 2.57. The molecule has 0 aromatic heterocycles. The molecule has 0 amide bonds. The smallest absolute Gasteiger partial charge is 0.334 e. The zero-order valence-electron chi connectivity index (χ0n) is 7.19. The van der Waals surface area contributed by atoms with Crippen molar-refractivity contribution in [1.82, 2.24) is 0 Å². The second kappa shape index (κ2) is 3.12. The van der Waals surface area contributed by atoms with Crippen molar-refractivity contribution >= 4 is 5.97 Å². The van der Waals surface area contributed by atoms with Crippen molar-refractivity contribution in [1.29, 1.82) is 0 Å². The van der Waals surface area contributed by atoms with Crippen LogP contribution in [0.2, 0.25) is 0 Å². The van der Waals surface area contributed by atoms with E-state index in [4.69, 9.17) is 9.84 Å². The highest BCUT2D eigenvalue weighted by molar-refractivity contribution is 5.93. The number of esters is 1. The number of cyclic esters (lactones) is 1. The lowest BCUT2D eigenvalue weighted by Gasteiger charge is -2.15. The molecule has 1 aliphatic carbocycles. The van der Waals surface area contributed by atoms with Gasteiger partial charge in [-0.3, -0.25) is 0 Å². The maximum absolute atomic E-state index is 11.2. The molecule has 1 aliphatic heterocycles. The first-order valence-electron chi connectivity index (χ1n) is 4.42. The fourth-order valence-electron chi connectivity index (χ4n) is 2.10. The molecule has 0 bridgehead atoms. The molecule has 0 aromatic carbocycles. The fourth-order valence-corrected chi connectivity index (χ4v) is 2.10. The maximum Gasteiger partial charge on any atom is 0.334 e. The van der Waals surface area contributed by atoms with Gasteiger partial charge in [-0.25, -0.2) is 4.79 Å². The molecule has 0 radical (unpaired) electrons. The van der Waals surface area contributed by atoms with Gasteiger partial charge in [-0.05, 0) is 18.4 Å². The summed E-state index contributed by atoms with van der Waals surface area (Å²) in [5.74, 6) is -0.528. The van der Waals surface area contributed by atoms with Gasteiger partial charge in [0.15, 0.2) is 0 Å². The molecule has 4 nitrogen and oxygen atoms in total. The van der Waals surface area contributed by atoms with Gasteiger partial charge in [-0.1, -0.05) is 0 Å². The van der Waals surface area contributed by atoms with Gasteiger partial charge in [0.25, 0.3) is 0 Å². The summed E-state index contributed by atoms with van der Waals surface area (Å²) in [6.45, 7) is 0.318. The first-order valence-corrected chi connectivity index (χ1v) is 4.42. The number of aliphatic hydroxyl groups is 2. The number of aliphatic hydroxyl groups excluding tert-OH is 2. The monoisotopic (exact) mass is 184 g/mol. The van der Waals surface area contributed by atoms with Gasteiger partial charge in [0.1, 0.15) is 6.61 Å². The van der Waals surface area contributed by atoms with Crippen LogP contribution in [0.1, 0.15) is 12.8 Å². The summed E-state index contributed by atoms with van der Waals surface area (Å²) in [4.78, 5) is 11.2.